The molecule has 1 fully saturated rings. The van der Waals surface area contributed by atoms with Crippen molar-refractivity contribution in [2.24, 2.45) is 0 Å². The van der Waals surface area contributed by atoms with Gasteiger partial charge in [0.2, 0.25) is 5.91 Å². The van der Waals surface area contributed by atoms with Crippen LogP contribution in [0.25, 0.3) is 11.1 Å². The van der Waals surface area contributed by atoms with Crippen LogP contribution >= 0.6 is 0 Å². The van der Waals surface area contributed by atoms with Crippen molar-refractivity contribution in [3.63, 3.8) is 0 Å². The zero-order valence-electron chi connectivity index (χ0n) is 19.2. The normalized spacial score (nSPS) is 19.9. The smallest absolute Gasteiger partial charge is 0.407 e. The molecule has 0 spiro atoms. The molecule has 3 N–H and O–H groups in total. The first-order valence-electron chi connectivity index (χ1n) is 11.6. The van der Waals surface area contributed by atoms with Gasteiger partial charge in [0.05, 0.1) is 12.1 Å². The quantitative estimate of drug-likeness (QED) is 0.550. The van der Waals surface area contributed by atoms with Gasteiger partial charge in [-0.2, -0.15) is 0 Å². The number of amides is 2. The summed E-state index contributed by atoms with van der Waals surface area (Å²) in [5, 5.41) is 21.5. The number of fused-ring (bicyclic) bond motifs is 3. The van der Waals surface area contributed by atoms with E-state index < -0.39 is 29.6 Å². The molecule has 34 heavy (non-hydrogen) atoms. The molecule has 2 aromatic carbocycles. The first-order chi connectivity index (χ1) is 16.3. The number of hydrogen-bond donors (Lipinski definition) is 3. The van der Waals surface area contributed by atoms with E-state index >= 15 is 0 Å². The zero-order chi connectivity index (χ0) is 24.3. The Balaban J connectivity index is 1.45. The SMILES string of the molecule is CC1(CO)CCCN1C(=O)C(CCC(=O)O)NC(=O)OCC1c2ccccc2-c2ccccc21. The molecule has 2 aliphatic rings. The van der Waals surface area contributed by atoms with Crippen LogP contribution in [0.2, 0.25) is 0 Å². The first kappa shape index (κ1) is 23.8. The molecule has 0 bridgehead atoms. The van der Waals surface area contributed by atoms with Crippen LogP contribution in [0.4, 0.5) is 4.79 Å². The van der Waals surface area contributed by atoms with Crippen LogP contribution in [0.3, 0.4) is 0 Å². The van der Waals surface area contributed by atoms with E-state index in [0.717, 1.165) is 28.7 Å². The van der Waals surface area contributed by atoms with Gasteiger partial charge in [-0.1, -0.05) is 48.5 Å². The van der Waals surface area contributed by atoms with E-state index in [0.29, 0.717) is 13.0 Å². The van der Waals surface area contributed by atoms with Gasteiger partial charge in [-0.25, -0.2) is 4.79 Å². The van der Waals surface area contributed by atoms with Gasteiger partial charge in [0.1, 0.15) is 12.6 Å². The maximum absolute atomic E-state index is 13.2. The summed E-state index contributed by atoms with van der Waals surface area (Å²) >= 11 is 0. The molecule has 4 rings (SSSR count). The Morgan fingerprint density at radius 2 is 1.74 bits per heavy atom. The van der Waals surface area contributed by atoms with Gasteiger partial charge in [-0.05, 0) is 48.4 Å². The predicted molar refractivity (Wildman–Crippen MR) is 125 cm³/mol. The van der Waals surface area contributed by atoms with E-state index in [-0.39, 0.29) is 32.0 Å². The highest BCUT2D eigenvalue weighted by Crippen LogP contribution is 2.44. The Kier molecular flexibility index (Phi) is 6.88. The lowest BCUT2D eigenvalue weighted by Gasteiger charge is -2.36. The maximum atomic E-state index is 13.2. The molecule has 180 valence electrons. The van der Waals surface area contributed by atoms with Gasteiger partial charge in [-0.15, -0.1) is 0 Å². The van der Waals surface area contributed by atoms with Gasteiger partial charge >= 0.3 is 12.1 Å². The highest BCUT2D eigenvalue weighted by molar-refractivity contribution is 5.87. The number of nitrogens with zero attached hydrogens (tertiary/aromatic N) is 1. The number of carboxylic acid groups (broad SMARTS) is 1. The van der Waals surface area contributed by atoms with Gasteiger partial charge in [0.25, 0.3) is 0 Å². The van der Waals surface area contributed by atoms with E-state index in [2.05, 4.69) is 5.32 Å². The number of benzene rings is 2. The number of carbonyl (C=O) groups is 3. The third-order valence-corrected chi connectivity index (χ3v) is 6.94. The minimum absolute atomic E-state index is 0.0592. The lowest BCUT2D eigenvalue weighted by molar-refractivity contribution is -0.140. The number of carbonyl (C=O) groups excluding carboxylic acids is 2. The molecule has 1 aliphatic heterocycles. The van der Waals surface area contributed by atoms with Crippen molar-refractivity contribution in [3.05, 3.63) is 59.7 Å². The summed E-state index contributed by atoms with van der Waals surface area (Å²) in [5.74, 6) is -1.58. The Hall–Kier alpha value is -3.39. The minimum atomic E-state index is -1.06. The molecule has 1 aliphatic carbocycles. The molecule has 0 saturated carbocycles. The lowest BCUT2D eigenvalue weighted by Crippen LogP contribution is -2.55. The highest BCUT2D eigenvalue weighted by atomic mass is 16.5. The maximum Gasteiger partial charge on any atom is 0.407 e. The highest BCUT2D eigenvalue weighted by Gasteiger charge is 2.42. The second kappa shape index (κ2) is 9.85. The van der Waals surface area contributed by atoms with Crippen LogP contribution in [-0.4, -0.2) is 64.4 Å². The number of hydrogen-bond acceptors (Lipinski definition) is 5. The summed E-state index contributed by atoms with van der Waals surface area (Å²) in [6.07, 6.45) is 0.279. The van der Waals surface area contributed by atoms with Gasteiger partial charge in [0, 0.05) is 18.9 Å². The second-order valence-corrected chi connectivity index (χ2v) is 9.20. The van der Waals surface area contributed by atoms with Crippen molar-refractivity contribution < 1.29 is 29.3 Å². The fourth-order valence-corrected chi connectivity index (χ4v) is 5.06. The molecule has 1 saturated heterocycles. The topological polar surface area (TPSA) is 116 Å². The summed E-state index contributed by atoms with van der Waals surface area (Å²) < 4.78 is 5.55. The predicted octanol–water partition coefficient (Wildman–Crippen LogP) is 3.13. The molecule has 2 aromatic rings. The number of rotatable bonds is 8. The van der Waals surface area contributed by atoms with Gasteiger partial charge in [-0.3, -0.25) is 9.59 Å². The fourth-order valence-electron chi connectivity index (χ4n) is 5.06. The standard InChI is InChI=1S/C26H30N2O6/c1-26(16-29)13-6-14-28(26)24(32)22(11-12-23(30)31)27-25(33)34-15-21-19-9-4-2-7-17(19)18-8-3-5-10-20(18)21/h2-5,7-10,21-22,29H,6,11-16H2,1H3,(H,27,33)(H,30,31). The van der Waals surface area contributed by atoms with E-state index in [1.807, 2.05) is 48.5 Å². The van der Waals surface area contributed by atoms with Crippen LogP contribution in [0.15, 0.2) is 48.5 Å². The Labute approximate surface area is 198 Å². The fraction of sp³-hybridized carbons (Fsp3) is 0.423. The Bertz CT molecular complexity index is 1040. The van der Waals surface area contributed by atoms with E-state index in [1.54, 1.807) is 11.8 Å². The largest absolute Gasteiger partial charge is 0.481 e. The van der Waals surface area contributed by atoms with Crippen molar-refractivity contribution >= 4 is 18.0 Å². The first-order valence-corrected chi connectivity index (χ1v) is 11.6. The molecular weight excluding hydrogens is 436 g/mol. The van der Waals surface area contributed by atoms with Crippen molar-refractivity contribution in [1.29, 1.82) is 0 Å². The molecule has 2 unspecified atom stereocenters. The average Bonchev–Trinajstić information content (AvgIpc) is 3.38. The number of aliphatic carboxylic acids is 1. The van der Waals surface area contributed by atoms with E-state index in [4.69, 9.17) is 9.84 Å². The van der Waals surface area contributed by atoms with Crippen LogP contribution in [0.5, 0.6) is 0 Å². The lowest BCUT2D eigenvalue weighted by atomic mass is 9.98. The molecule has 8 heteroatoms. The molecule has 2 amide bonds. The number of ether oxygens (including phenoxy) is 1. The molecule has 0 aromatic heterocycles. The number of alkyl carbamates (subject to hydrolysis) is 1. The van der Waals surface area contributed by atoms with Crippen LogP contribution in [-0.2, 0) is 14.3 Å². The van der Waals surface area contributed by atoms with Gasteiger partial charge in [0.15, 0.2) is 0 Å². The van der Waals surface area contributed by atoms with Crippen LogP contribution < -0.4 is 5.32 Å². The number of aliphatic hydroxyl groups excluding tert-OH is 1. The molecule has 0 radical (unpaired) electrons. The molecule has 8 nitrogen and oxygen atoms in total. The Morgan fingerprint density at radius 1 is 1.12 bits per heavy atom. The van der Waals surface area contributed by atoms with Crippen LogP contribution in [0.1, 0.15) is 49.7 Å². The van der Waals surface area contributed by atoms with Crippen molar-refractivity contribution in [1.82, 2.24) is 10.2 Å². The average molecular weight is 467 g/mol. The number of aliphatic hydroxyl groups is 1. The summed E-state index contributed by atoms with van der Waals surface area (Å²) in [7, 11) is 0. The van der Waals surface area contributed by atoms with Crippen molar-refractivity contribution in [3.8, 4) is 11.1 Å². The summed E-state index contributed by atoms with van der Waals surface area (Å²) in [6.45, 7) is 2.14. The van der Waals surface area contributed by atoms with Gasteiger partial charge < -0.3 is 25.2 Å². The van der Waals surface area contributed by atoms with Crippen LogP contribution in [0, 0.1) is 0 Å². The monoisotopic (exact) mass is 466 g/mol. The second-order valence-electron chi connectivity index (χ2n) is 9.20. The Morgan fingerprint density at radius 3 is 2.32 bits per heavy atom. The number of likely N-dealkylation sites (tertiary alicyclic amines) is 1. The summed E-state index contributed by atoms with van der Waals surface area (Å²) in [5.41, 5.74) is 3.65. The minimum Gasteiger partial charge on any atom is -0.481 e. The molecule has 2 atom stereocenters. The third kappa shape index (κ3) is 4.63. The summed E-state index contributed by atoms with van der Waals surface area (Å²) in [6, 6.07) is 14.9. The van der Waals surface area contributed by atoms with E-state index in [1.165, 1.54) is 0 Å². The zero-order valence-corrected chi connectivity index (χ0v) is 19.2. The van der Waals surface area contributed by atoms with Crippen molar-refractivity contribution in [2.75, 3.05) is 19.8 Å². The summed E-state index contributed by atoms with van der Waals surface area (Å²) in [4.78, 5) is 38.6. The van der Waals surface area contributed by atoms with Crippen molar-refractivity contribution in [2.45, 2.75) is 50.1 Å². The molecule has 1 heterocycles. The number of carboxylic acids is 1. The van der Waals surface area contributed by atoms with E-state index in [9.17, 15) is 19.5 Å². The number of nitrogens with one attached hydrogen (secondary N) is 1. The third-order valence-electron chi connectivity index (χ3n) is 6.94. The molecular formula is C26H30N2O6.